The average Bonchev–Trinajstić information content (AvgIpc) is 2.88. The van der Waals surface area contributed by atoms with Gasteiger partial charge < -0.3 is 14.2 Å². The molecule has 0 aliphatic heterocycles. The van der Waals surface area contributed by atoms with E-state index in [1.54, 1.807) is 18.8 Å². The number of rotatable bonds is 5. The van der Waals surface area contributed by atoms with Gasteiger partial charge in [-0.1, -0.05) is 6.92 Å². The van der Waals surface area contributed by atoms with Crippen LogP contribution in [0, 0.1) is 0 Å². The summed E-state index contributed by atoms with van der Waals surface area (Å²) < 4.78 is 11.1. The summed E-state index contributed by atoms with van der Waals surface area (Å²) in [4.78, 5) is 0. The molecule has 0 radical (unpaired) electrons. The van der Waals surface area contributed by atoms with Gasteiger partial charge in [-0.15, -0.1) is 0 Å². The standard InChI is InChI=1S/C12H14BrNO2/c1-2-14-11(7-9-3-5-15-8-9)10-4-6-16-12(10)13/h3-6,8,11,14H,2,7H2,1H3. The summed E-state index contributed by atoms with van der Waals surface area (Å²) in [5.74, 6) is 0. The van der Waals surface area contributed by atoms with Crippen LogP contribution in [0.4, 0.5) is 0 Å². The third-order valence-electron chi connectivity index (χ3n) is 2.49. The Labute approximate surface area is 103 Å². The van der Waals surface area contributed by atoms with Gasteiger partial charge in [0.15, 0.2) is 4.67 Å². The fourth-order valence-corrected chi connectivity index (χ4v) is 2.25. The topological polar surface area (TPSA) is 38.3 Å². The molecule has 1 atom stereocenters. The second kappa shape index (κ2) is 5.37. The molecule has 0 bridgehead atoms. The zero-order valence-electron chi connectivity index (χ0n) is 9.07. The lowest BCUT2D eigenvalue weighted by atomic mass is 10.0. The molecule has 4 heteroatoms. The van der Waals surface area contributed by atoms with Gasteiger partial charge in [-0.3, -0.25) is 0 Å². The zero-order chi connectivity index (χ0) is 11.4. The van der Waals surface area contributed by atoms with Crippen LogP contribution in [0.1, 0.15) is 24.1 Å². The van der Waals surface area contributed by atoms with Crippen molar-refractivity contribution in [1.82, 2.24) is 5.32 Å². The van der Waals surface area contributed by atoms with E-state index >= 15 is 0 Å². The predicted octanol–water partition coefficient (Wildman–Crippen LogP) is 3.53. The summed E-state index contributed by atoms with van der Waals surface area (Å²) in [5.41, 5.74) is 2.32. The molecule has 2 heterocycles. The summed E-state index contributed by atoms with van der Waals surface area (Å²) in [6, 6.07) is 4.21. The molecule has 0 fully saturated rings. The fraction of sp³-hybridized carbons (Fsp3) is 0.333. The molecule has 2 rings (SSSR count). The van der Waals surface area contributed by atoms with Crippen LogP contribution < -0.4 is 5.32 Å². The van der Waals surface area contributed by atoms with E-state index in [0.29, 0.717) is 0 Å². The van der Waals surface area contributed by atoms with Gasteiger partial charge in [0.05, 0.1) is 18.8 Å². The Morgan fingerprint density at radius 3 is 2.81 bits per heavy atom. The van der Waals surface area contributed by atoms with E-state index < -0.39 is 0 Å². The van der Waals surface area contributed by atoms with Crippen molar-refractivity contribution in [2.75, 3.05) is 6.54 Å². The summed E-state index contributed by atoms with van der Waals surface area (Å²) >= 11 is 3.41. The normalized spacial score (nSPS) is 12.9. The first-order chi connectivity index (χ1) is 7.81. The zero-order valence-corrected chi connectivity index (χ0v) is 10.7. The van der Waals surface area contributed by atoms with E-state index in [4.69, 9.17) is 8.83 Å². The van der Waals surface area contributed by atoms with E-state index in [-0.39, 0.29) is 6.04 Å². The highest BCUT2D eigenvalue weighted by atomic mass is 79.9. The van der Waals surface area contributed by atoms with Crippen LogP contribution in [0.15, 0.2) is 44.4 Å². The predicted molar refractivity (Wildman–Crippen MR) is 65.2 cm³/mol. The van der Waals surface area contributed by atoms with Crippen molar-refractivity contribution in [3.63, 3.8) is 0 Å². The van der Waals surface area contributed by atoms with Crippen LogP contribution in [-0.4, -0.2) is 6.54 Å². The Hall–Kier alpha value is -1.00. The van der Waals surface area contributed by atoms with Crippen molar-refractivity contribution < 1.29 is 8.83 Å². The largest absolute Gasteiger partial charge is 0.472 e. The maximum absolute atomic E-state index is 5.26. The lowest BCUT2D eigenvalue weighted by Crippen LogP contribution is -2.22. The van der Waals surface area contributed by atoms with Crippen LogP contribution in [0.2, 0.25) is 0 Å². The van der Waals surface area contributed by atoms with Crippen LogP contribution in [0.5, 0.6) is 0 Å². The number of hydrogen-bond acceptors (Lipinski definition) is 3. The van der Waals surface area contributed by atoms with Crippen molar-refractivity contribution in [3.8, 4) is 0 Å². The molecule has 0 aliphatic rings. The molecule has 0 spiro atoms. The lowest BCUT2D eigenvalue weighted by Gasteiger charge is -2.15. The highest BCUT2D eigenvalue weighted by Gasteiger charge is 2.16. The molecule has 0 saturated carbocycles. The van der Waals surface area contributed by atoms with E-state index in [1.165, 1.54) is 5.56 Å². The Kier molecular flexibility index (Phi) is 3.85. The maximum Gasteiger partial charge on any atom is 0.173 e. The summed E-state index contributed by atoms with van der Waals surface area (Å²) in [6.45, 7) is 3.01. The SMILES string of the molecule is CCNC(Cc1ccoc1)c1ccoc1Br. The molecule has 16 heavy (non-hydrogen) atoms. The van der Waals surface area contributed by atoms with E-state index in [9.17, 15) is 0 Å². The van der Waals surface area contributed by atoms with Crippen molar-refractivity contribution in [3.05, 3.63) is 46.7 Å². The first-order valence-corrected chi connectivity index (χ1v) is 6.08. The first-order valence-electron chi connectivity index (χ1n) is 5.28. The van der Waals surface area contributed by atoms with Gasteiger partial charge >= 0.3 is 0 Å². The minimum atomic E-state index is 0.246. The van der Waals surface area contributed by atoms with Gasteiger partial charge in [-0.05, 0) is 46.6 Å². The molecule has 2 aromatic rings. The van der Waals surface area contributed by atoms with Crippen LogP contribution in [0.25, 0.3) is 0 Å². The van der Waals surface area contributed by atoms with Gasteiger partial charge in [-0.25, -0.2) is 0 Å². The molecule has 0 aliphatic carbocycles. The molecule has 3 nitrogen and oxygen atoms in total. The Balaban J connectivity index is 2.14. The van der Waals surface area contributed by atoms with Crippen molar-refractivity contribution in [2.45, 2.75) is 19.4 Å². The fourth-order valence-electron chi connectivity index (χ4n) is 1.74. The van der Waals surface area contributed by atoms with E-state index in [2.05, 4.69) is 28.2 Å². The average molecular weight is 284 g/mol. The van der Waals surface area contributed by atoms with Gasteiger partial charge in [-0.2, -0.15) is 0 Å². The molecule has 0 aromatic carbocycles. The minimum absolute atomic E-state index is 0.246. The van der Waals surface area contributed by atoms with Gasteiger partial charge in [0.1, 0.15) is 0 Å². The van der Waals surface area contributed by atoms with Gasteiger partial charge in [0, 0.05) is 11.6 Å². The molecule has 1 N–H and O–H groups in total. The lowest BCUT2D eigenvalue weighted by molar-refractivity contribution is 0.503. The Morgan fingerprint density at radius 1 is 1.38 bits per heavy atom. The Morgan fingerprint density at radius 2 is 2.25 bits per heavy atom. The molecular formula is C12H14BrNO2. The third-order valence-corrected chi connectivity index (χ3v) is 3.14. The number of nitrogens with one attached hydrogen (secondary N) is 1. The molecule has 0 amide bonds. The van der Waals surface area contributed by atoms with Crippen LogP contribution in [0.3, 0.4) is 0 Å². The van der Waals surface area contributed by atoms with Crippen molar-refractivity contribution >= 4 is 15.9 Å². The first kappa shape index (κ1) is 11.5. The van der Waals surface area contributed by atoms with E-state index in [1.807, 2.05) is 12.1 Å². The number of hydrogen-bond donors (Lipinski definition) is 1. The molecule has 86 valence electrons. The number of halogens is 1. The second-order valence-corrected chi connectivity index (χ2v) is 4.32. The maximum atomic E-state index is 5.26. The molecule has 1 unspecified atom stereocenters. The monoisotopic (exact) mass is 283 g/mol. The molecular weight excluding hydrogens is 270 g/mol. The van der Waals surface area contributed by atoms with E-state index in [0.717, 1.165) is 23.2 Å². The molecule has 2 aromatic heterocycles. The second-order valence-electron chi connectivity index (χ2n) is 3.60. The van der Waals surface area contributed by atoms with Crippen molar-refractivity contribution in [1.29, 1.82) is 0 Å². The summed E-state index contributed by atoms with van der Waals surface area (Å²) in [6.07, 6.45) is 6.06. The van der Waals surface area contributed by atoms with Gasteiger partial charge in [0.25, 0.3) is 0 Å². The Bertz CT molecular complexity index is 422. The highest BCUT2D eigenvalue weighted by Crippen LogP contribution is 2.27. The minimum Gasteiger partial charge on any atom is -0.472 e. The smallest absolute Gasteiger partial charge is 0.173 e. The van der Waals surface area contributed by atoms with Crippen LogP contribution >= 0.6 is 15.9 Å². The number of furan rings is 2. The molecule has 0 saturated heterocycles. The van der Waals surface area contributed by atoms with Crippen molar-refractivity contribution in [2.24, 2.45) is 0 Å². The number of likely N-dealkylation sites (N-methyl/N-ethyl adjacent to an activating group) is 1. The van der Waals surface area contributed by atoms with Gasteiger partial charge in [0.2, 0.25) is 0 Å². The third kappa shape index (κ3) is 2.57. The van der Waals surface area contributed by atoms with Crippen LogP contribution in [-0.2, 0) is 6.42 Å². The quantitative estimate of drug-likeness (QED) is 0.912. The highest BCUT2D eigenvalue weighted by molar-refractivity contribution is 9.10. The summed E-state index contributed by atoms with van der Waals surface area (Å²) in [7, 11) is 0. The summed E-state index contributed by atoms with van der Waals surface area (Å²) in [5, 5.41) is 3.43.